The molecule has 0 unspecified atom stereocenters. The Balaban J connectivity index is 1.34. The molecule has 0 aliphatic carbocycles. The van der Waals surface area contributed by atoms with E-state index >= 15 is 0 Å². The number of aryl methyl sites for hydroxylation is 1. The first-order chi connectivity index (χ1) is 16.3. The number of rotatable bonds is 7. The minimum Gasteiger partial charge on any atom is -0.350 e. The highest BCUT2D eigenvalue weighted by Crippen LogP contribution is 2.25. The van der Waals surface area contributed by atoms with Crippen LogP contribution in [-0.4, -0.2) is 41.6 Å². The molecule has 34 heavy (non-hydrogen) atoms. The lowest BCUT2D eigenvalue weighted by Gasteiger charge is -2.13. The molecule has 0 spiro atoms. The second kappa shape index (κ2) is 9.66. The number of imide groups is 1. The van der Waals surface area contributed by atoms with Gasteiger partial charge in [0.15, 0.2) is 0 Å². The van der Waals surface area contributed by atoms with Crippen LogP contribution in [0.2, 0.25) is 0 Å². The fourth-order valence-corrected chi connectivity index (χ4v) is 3.63. The lowest BCUT2D eigenvalue weighted by molar-refractivity contribution is 0.0641. The Morgan fingerprint density at radius 1 is 0.794 bits per heavy atom. The molecule has 3 aromatic rings. The average Bonchev–Trinajstić information content (AvgIpc) is 3.08. The minimum atomic E-state index is -0.465. The summed E-state index contributed by atoms with van der Waals surface area (Å²) in [5.41, 5.74) is 2.13. The molecule has 2 N–H and O–H groups in total. The van der Waals surface area contributed by atoms with E-state index in [1.165, 1.54) is 30.3 Å². The standard InChI is InChI=1S/C26H22FN3O4/c1-16-7-8-19(14-22(16)27)24(32)29-12-11-28-23(31)18-9-10-20-21(13-18)26(34)30(25(20)33)15-17-5-3-2-4-6-17/h2-10,13-14H,11-12,15H2,1H3,(H,28,31)(H,29,32). The van der Waals surface area contributed by atoms with Crippen LogP contribution < -0.4 is 10.6 Å². The largest absolute Gasteiger partial charge is 0.350 e. The van der Waals surface area contributed by atoms with Gasteiger partial charge >= 0.3 is 0 Å². The molecule has 1 heterocycles. The number of hydrogen-bond donors (Lipinski definition) is 2. The second-order valence-electron chi connectivity index (χ2n) is 7.92. The molecule has 0 bridgehead atoms. The van der Waals surface area contributed by atoms with Crippen LogP contribution in [-0.2, 0) is 6.54 Å². The number of nitrogens with zero attached hydrogens (tertiary/aromatic N) is 1. The van der Waals surface area contributed by atoms with Gasteiger partial charge in [0, 0.05) is 24.2 Å². The zero-order chi connectivity index (χ0) is 24.2. The second-order valence-corrected chi connectivity index (χ2v) is 7.92. The molecule has 4 rings (SSSR count). The number of carbonyl (C=O) groups excluding carboxylic acids is 4. The predicted octanol–water partition coefficient (Wildman–Crippen LogP) is 3.09. The number of amides is 4. The topological polar surface area (TPSA) is 95.6 Å². The third-order valence-corrected chi connectivity index (χ3v) is 5.55. The number of benzene rings is 3. The summed E-state index contributed by atoms with van der Waals surface area (Å²) >= 11 is 0. The first-order valence-corrected chi connectivity index (χ1v) is 10.7. The number of nitrogens with one attached hydrogen (secondary N) is 2. The molecular weight excluding hydrogens is 437 g/mol. The first-order valence-electron chi connectivity index (χ1n) is 10.7. The van der Waals surface area contributed by atoms with Gasteiger partial charge in [0.2, 0.25) is 0 Å². The van der Waals surface area contributed by atoms with Gasteiger partial charge in [-0.2, -0.15) is 0 Å². The Morgan fingerprint density at radius 2 is 1.38 bits per heavy atom. The van der Waals surface area contributed by atoms with Crippen LogP contribution in [0, 0.1) is 12.7 Å². The van der Waals surface area contributed by atoms with Gasteiger partial charge in [-0.05, 0) is 48.4 Å². The van der Waals surface area contributed by atoms with Gasteiger partial charge in [0.25, 0.3) is 23.6 Å². The van der Waals surface area contributed by atoms with Gasteiger partial charge in [0.05, 0.1) is 17.7 Å². The maximum Gasteiger partial charge on any atom is 0.261 e. The van der Waals surface area contributed by atoms with Crippen molar-refractivity contribution < 1.29 is 23.6 Å². The Morgan fingerprint density at radius 3 is 2.03 bits per heavy atom. The monoisotopic (exact) mass is 459 g/mol. The summed E-state index contributed by atoms with van der Waals surface area (Å²) in [6, 6.07) is 17.7. The molecular formula is C26H22FN3O4. The van der Waals surface area contributed by atoms with E-state index in [2.05, 4.69) is 10.6 Å². The highest BCUT2D eigenvalue weighted by atomic mass is 19.1. The van der Waals surface area contributed by atoms with Gasteiger partial charge < -0.3 is 10.6 Å². The minimum absolute atomic E-state index is 0.128. The summed E-state index contributed by atoms with van der Waals surface area (Å²) in [4.78, 5) is 51.3. The van der Waals surface area contributed by atoms with E-state index in [-0.39, 0.29) is 41.9 Å². The van der Waals surface area contributed by atoms with E-state index in [1.807, 2.05) is 30.3 Å². The zero-order valence-corrected chi connectivity index (χ0v) is 18.4. The molecule has 1 aliphatic rings. The molecule has 8 heteroatoms. The van der Waals surface area contributed by atoms with Crippen LogP contribution >= 0.6 is 0 Å². The summed E-state index contributed by atoms with van der Waals surface area (Å²) in [7, 11) is 0. The van der Waals surface area contributed by atoms with Crippen molar-refractivity contribution in [2.75, 3.05) is 13.1 Å². The summed E-state index contributed by atoms with van der Waals surface area (Å²) < 4.78 is 13.6. The van der Waals surface area contributed by atoms with E-state index in [9.17, 15) is 23.6 Å². The molecule has 1 aliphatic heterocycles. The summed E-state index contributed by atoms with van der Waals surface area (Å²) in [6.07, 6.45) is 0. The average molecular weight is 459 g/mol. The Bertz CT molecular complexity index is 1290. The molecule has 0 saturated heterocycles. The Labute approximate surface area is 195 Å². The number of carbonyl (C=O) groups is 4. The predicted molar refractivity (Wildman–Crippen MR) is 123 cm³/mol. The third kappa shape index (κ3) is 4.71. The van der Waals surface area contributed by atoms with Crippen molar-refractivity contribution in [1.29, 1.82) is 0 Å². The maximum atomic E-state index is 13.6. The van der Waals surface area contributed by atoms with E-state index in [0.29, 0.717) is 5.56 Å². The molecule has 0 atom stereocenters. The highest BCUT2D eigenvalue weighted by Gasteiger charge is 2.35. The fraction of sp³-hybridized carbons (Fsp3) is 0.154. The van der Waals surface area contributed by atoms with Crippen LogP contribution in [0.5, 0.6) is 0 Å². The summed E-state index contributed by atoms with van der Waals surface area (Å²) in [5.74, 6) is -2.21. The van der Waals surface area contributed by atoms with E-state index in [1.54, 1.807) is 6.92 Å². The van der Waals surface area contributed by atoms with E-state index in [0.717, 1.165) is 16.5 Å². The van der Waals surface area contributed by atoms with Gasteiger partial charge in [0.1, 0.15) is 5.82 Å². The van der Waals surface area contributed by atoms with Gasteiger partial charge in [-0.3, -0.25) is 24.1 Å². The zero-order valence-electron chi connectivity index (χ0n) is 18.4. The molecule has 7 nitrogen and oxygen atoms in total. The lowest BCUT2D eigenvalue weighted by atomic mass is 10.1. The molecule has 3 aromatic carbocycles. The van der Waals surface area contributed by atoms with Gasteiger partial charge in [-0.1, -0.05) is 36.4 Å². The fourth-order valence-electron chi connectivity index (χ4n) is 3.63. The molecule has 4 amide bonds. The molecule has 0 saturated carbocycles. The lowest BCUT2D eigenvalue weighted by Crippen LogP contribution is -2.34. The molecule has 0 aromatic heterocycles. The summed E-state index contributed by atoms with van der Waals surface area (Å²) in [5, 5.41) is 5.27. The van der Waals surface area contributed by atoms with Gasteiger partial charge in [-0.15, -0.1) is 0 Å². The molecule has 0 radical (unpaired) electrons. The number of fused-ring (bicyclic) bond motifs is 1. The van der Waals surface area contributed by atoms with Crippen LogP contribution in [0.25, 0.3) is 0 Å². The number of halogens is 1. The van der Waals surface area contributed by atoms with Crippen molar-refractivity contribution >= 4 is 23.6 Å². The van der Waals surface area contributed by atoms with Crippen LogP contribution in [0.3, 0.4) is 0 Å². The Kier molecular flexibility index (Phi) is 6.49. The van der Waals surface area contributed by atoms with Crippen molar-refractivity contribution in [3.63, 3.8) is 0 Å². The third-order valence-electron chi connectivity index (χ3n) is 5.55. The first kappa shape index (κ1) is 22.8. The van der Waals surface area contributed by atoms with Crippen LogP contribution in [0.15, 0.2) is 66.7 Å². The molecule has 172 valence electrons. The van der Waals surface area contributed by atoms with Crippen molar-refractivity contribution in [2.24, 2.45) is 0 Å². The van der Waals surface area contributed by atoms with Crippen molar-refractivity contribution in [3.8, 4) is 0 Å². The van der Waals surface area contributed by atoms with Crippen molar-refractivity contribution in [2.45, 2.75) is 13.5 Å². The quantitative estimate of drug-likeness (QED) is 0.419. The van der Waals surface area contributed by atoms with Crippen molar-refractivity contribution in [1.82, 2.24) is 15.5 Å². The number of hydrogen-bond acceptors (Lipinski definition) is 4. The van der Waals surface area contributed by atoms with Crippen LogP contribution in [0.4, 0.5) is 4.39 Å². The highest BCUT2D eigenvalue weighted by molar-refractivity contribution is 6.22. The van der Waals surface area contributed by atoms with Gasteiger partial charge in [-0.25, -0.2) is 4.39 Å². The smallest absolute Gasteiger partial charge is 0.261 e. The molecule has 0 fully saturated rings. The van der Waals surface area contributed by atoms with E-state index < -0.39 is 29.4 Å². The van der Waals surface area contributed by atoms with Crippen LogP contribution in [0.1, 0.15) is 52.6 Å². The maximum absolute atomic E-state index is 13.6. The Hall–Kier alpha value is -4.33. The van der Waals surface area contributed by atoms with Crippen molar-refractivity contribution in [3.05, 3.63) is 106 Å². The summed E-state index contributed by atoms with van der Waals surface area (Å²) in [6.45, 7) is 2.02. The SMILES string of the molecule is Cc1ccc(C(=O)NCCNC(=O)c2ccc3c(c2)C(=O)N(Cc2ccccc2)C3=O)cc1F. The normalized spacial score (nSPS) is 12.5. The van der Waals surface area contributed by atoms with E-state index in [4.69, 9.17) is 0 Å².